The van der Waals surface area contributed by atoms with E-state index >= 15 is 0 Å². The van der Waals surface area contributed by atoms with Gasteiger partial charge >= 0.3 is 0 Å². The third-order valence-electron chi connectivity index (χ3n) is 6.39. The number of rotatable bonds is 3. The Hall–Kier alpha value is -1.13. The van der Waals surface area contributed by atoms with Gasteiger partial charge in [0.15, 0.2) is 5.11 Å². The van der Waals surface area contributed by atoms with E-state index in [0.29, 0.717) is 6.04 Å². The number of nitrogens with one attached hydrogen (secondary N) is 1. The van der Waals surface area contributed by atoms with E-state index in [-0.39, 0.29) is 0 Å². The van der Waals surface area contributed by atoms with E-state index < -0.39 is 0 Å². The summed E-state index contributed by atoms with van der Waals surface area (Å²) in [7, 11) is 2.36. The van der Waals surface area contributed by atoms with Crippen molar-refractivity contribution in [2.45, 2.75) is 71.4 Å². The van der Waals surface area contributed by atoms with Crippen LogP contribution in [0.4, 0.5) is 5.69 Å². The Kier molecular flexibility index (Phi) is 6.57. The Morgan fingerprint density at radius 2 is 1.65 bits per heavy atom. The van der Waals surface area contributed by atoms with Crippen molar-refractivity contribution in [1.29, 1.82) is 0 Å². The van der Waals surface area contributed by atoms with Gasteiger partial charge in [-0.05, 0) is 88.0 Å². The lowest BCUT2D eigenvalue weighted by atomic mass is 9.84. The van der Waals surface area contributed by atoms with E-state index in [1.165, 1.54) is 49.7 Å². The SMILES string of the molecule is Cc1cc(C)cc(NC(=S)N2CCC(N(C)[C@H]3CCCC[C@H]3C)CC2)c1. The summed E-state index contributed by atoms with van der Waals surface area (Å²) in [4.78, 5) is 5.04. The minimum atomic E-state index is 0.709. The second-order valence-electron chi connectivity index (χ2n) is 8.52. The number of aryl methyl sites for hydroxylation is 2. The van der Waals surface area contributed by atoms with Crippen molar-refractivity contribution in [3.8, 4) is 0 Å². The number of piperidine rings is 1. The Morgan fingerprint density at radius 3 is 2.27 bits per heavy atom. The van der Waals surface area contributed by atoms with Crippen molar-refractivity contribution >= 4 is 23.0 Å². The molecule has 4 heteroatoms. The molecule has 1 aromatic rings. The van der Waals surface area contributed by atoms with E-state index in [1.807, 2.05) is 0 Å². The largest absolute Gasteiger partial charge is 0.349 e. The molecule has 1 aliphatic heterocycles. The molecule has 1 aliphatic carbocycles. The molecule has 3 rings (SSSR count). The quantitative estimate of drug-likeness (QED) is 0.753. The van der Waals surface area contributed by atoms with Gasteiger partial charge in [0.2, 0.25) is 0 Å². The smallest absolute Gasteiger partial charge is 0.173 e. The van der Waals surface area contributed by atoms with E-state index in [0.717, 1.165) is 35.8 Å². The first-order valence-corrected chi connectivity index (χ1v) is 10.7. The van der Waals surface area contributed by atoms with Crippen LogP contribution >= 0.6 is 12.2 Å². The monoisotopic (exact) mass is 373 g/mol. The van der Waals surface area contributed by atoms with Gasteiger partial charge in [0.1, 0.15) is 0 Å². The maximum absolute atomic E-state index is 5.69. The molecular weight excluding hydrogens is 338 g/mol. The van der Waals surface area contributed by atoms with E-state index in [1.54, 1.807) is 0 Å². The lowest BCUT2D eigenvalue weighted by Crippen LogP contribution is -2.51. The summed E-state index contributed by atoms with van der Waals surface area (Å²) in [5, 5.41) is 4.33. The molecule has 1 heterocycles. The van der Waals surface area contributed by atoms with Crippen LogP contribution < -0.4 is 5.32 Å². The van der Waals surface area contributed by atoms with Crippen LogP contribution in [0.2, 0.25) is 0 Å². The molecule has 1 saturated heterocycles. The molecule has 2 atom stereocenters. The van der Waals surface area contributed by atoms with Crippen molar-refractivity contribution in [2.75, 3.05) is 25.5 Å². The Bertz CT molecular complexity index is 602. The van der Waals surface area contributed by atoms with E-state index in [9.17, 15) is 0 Å². The van der Waals surface area contributed by atoms with Gasteiger partial charge in [-0.25, -0.2) is 0 Å². The number of likely N-dealkylation sites (tertiary alicyclic amines) is 1. The van der Waals surface area contributed by atoms with Crippen LogP contribution in [-0.2, 0) is 0 Å². The van der Waals surface area contributed by atoms with Crippen molar-refractivity contribution in [2.24, 2.45) is 5.92 Å². The zero-order valence-electron chi connectivity index (χ0n) is 16.9. The van der Waals surface area contributed by atoms with Crippen molar-refractivity contribution < 1.29 is 0 Å². The fraction of sp³-hybridized carbons (Fsp3) is 0.682. The predicted molar refractivity (Wildman–Crippen MR) is 116 cm³/mol. The minimum absolute atomic E-state index is 0.709. The first-order valence-electron chi connectivity index (χ1n) is 10.3. The van der Waals surface area contributed by atoms with Gasteiger partial charge in [0, 0.05) is 30.9 Å². The molecule has 0 radical (unpaired) electrons. The summed E-state index contributed by atoms with van der Waals surface area (Å²) in [6, 6.07) is 8.03. The first-order chi connectivity index (χ1) is 12.4. The molecule has 0 unspecified atom stereocenters. The number of hydrogen-bond acceptors (Lipinski definition) is 2. The molecule has 0 bridgehead atoms. The molecule has 1 N–H and O–H groups in total. The molecule has 0 aromatic heterocycles. The van der Waals surface area contributed by atoms with Gasteiger partial charge in [-0.1, -0.05) is 25.8 Å². The van der Waals surface area contributed by atoms with Crippen LogP contribution in [0.5, 0.6) is 0 Å². The molecule has 26 heavy (non-hydrogen) atoms. The molecule has 3 nitrogen and oxygen atoms in total. The zero-order chi connectivity index (χ0) is 18.7. The highest BCUT2D eigenvalue weighted by Gasteiger charge is 2.31. The van der Waals surface area contributed by atoms with Gasteiger partial charge in [0.05, 0.1) is 0 Å². The van der Waals surface area contributed by atoms with Crippen LogP contribution in [0.25, 0.3) is 0 Å². The van der Waals surface area contributed by atoms with Crippen molar-refractivity contribution in [1.82, 2.24) is 9.80 Å². The van der Waals surface area contributed by atoms with Crippen molar-refractivity contribution in [3.05, 3.63) is 29.3 Å². The molecule has 144 valence electrons. The van der Waals surface area contributed by atoms with Gasteiger partial charge in [0.25, 0.3) is 0 Å². The molecule has 0 amide bonds. The lowest BCUT2D eigenvalue weighted by molar-refractivity contribution is 0.0691. The third kappa shape index (κ3) is 4.77. The Morgan fingerprint density at radius 1 is 1.04 bits per heavy atom. The van der Waals surface area contributed by atoms with E-state index in [2.05, 4.69) is 61.1 Å². The van der Waals surface area contributed by atoms with Gasteiger partial charge in [-0.15, -0.1) is 0 Å². The third-order valence-corrected chi connectivity index (χ3v) is 6.75. The number of nitrogens with zero attached hydrogens (tertiary/aromatic N) is 2. The number of hydrogen-bond donors (Lipinski definition) is 1. The molecule has 2 aliphatic rings. The average molecular weight is 374 g/mol. The topological polar surface area (TPSA) is 18.5 Å². The van der Waals surface area contributed by atoms with E-state index in [4.69, 9.17) is 12.2 Å². The second-order valence-corrected chi connectivity index (χ2v) is 8.91. The van der Waals surface area contributed by atoms with Crippen LogP contribution in [0.15, 0.2) is 18.2 Å². The Balaban J connectivity index is 1.52. The van der Waals surface area contributed by atoms with Gasteiger partial charge in [-0.2, -0.15) is 0 Å². The standard InChI is InChI=1S/C22H35N3S/c1-16-13-17(2)15-19(14-16)23-22(26)25-11-9-20(10-12-25)24(4)21-8-6-5-7-18(21)3/h13-15,18,20-21H,5-12H2,1-4H3,(H,23,26)/t18-,21+/m1/s1. The number of benzene rings is 1. The summed E-state index contributed by atoms with van der Waals surface area (Å²) in [5.74, 6) is 0.846. The Labute approximate surface area is 165 Å². The highest BCUT2D eigenvalue weighted by molar-refractivity contribution is 7.80. The van der Waals surface area contributed by atoms with Crippen LogP contribution in [0.1, 0.15) is 56.6 Å². The highest BCUT2D eigenvalue weighted by atomic mass is 32.1. The fourth-order valence-electron chi connectivity index (χ4n) is 4.90. The molecule has 0 spiro atoms. The second kappa shape index (κ2) is 8.71. The highest BCUT2D eigenvalue weighted by Crippen LogP contribution is 2.30. The summed E-state index contributed by atoms with van der Waals surface area (Å²) in [6.45, 7) is 8.83. The molecular formula is C22H35N3S. The maximum Gasteiger partial charge on any atom is 0.173 e. The first kappa shape index (κ1) is 19.6. The molecule has 2 fully saturated rings. The number of anilines is 1. The summed E-state index contributed by atoms with van der Waals surface area (Å²) >= 11 is 5.69. The predicted octanol–water partition coefficient (Wildman–Crippen LogP) is 4.98. The van der Waals surface area contributed by atoms with Crippen molar-refractivity contribution in [3.63, 3.8) is 0 Å². The fourth-order valence-corrected chi connectivity index (χ4v) is 5.20. The maximum atomic E-state index is 5.69. The van der Waals surface area contributed by atoms with Gasteiger partial charge < -0.3 is 15.1 Å². The normalized spacial score (nSPS) is 24.7. The zero-order valence-corrected chi connectivity index (χ0v) is 17.7. The molecule has 1 aromatic carbocycles. The van der Waals surface area contributed by atoms with Crippen LogP contribution in [-0.4, -0.2) is 47.1 Å². The number of thiocarbonyl (C=S) groups is 1. The molecule has 1 saturated carbocycles. The van der Waals surface area contributed by atoms with Gasteiger partial charge in [-0.3, -0.25) is 0 Å². The summed E-state index contributed by atoms with van der Waals surface area (Å²) < 4.78 is 0. The average Bonchev–Trinajstić information content (AvgIpc) is 2.61. The summed E-state index contributed by atoms with van der Waals surface area (Å²) in [5.41, 5.74) is 3.66. The lowest BCUT2D eigenvalue weighted by Gasteiger charge is -2.44. The minimum Gasteiger partial charge on any atom is -0.349 e. The van der Waals surface area contributed by atoms with Crippen LogP contribution in [0, 0.1) is 19.8 Å². The van der Waals surface area contributed by atoms with Crippen LogP contribution in [0.3, 0.4) is 0 Å². The summed E-state index contributed by atoms with van der Waals surface area (Å²) in [6.07, 6.45) is 8.04.